The van der Waals surface area contributed by atoms with Crippen molar-refractivity contribution in [2.45, 2.75) is 25.9 Å². The molecule has 19 heavy (non-hydrogen) atoms. The van der Waals surface area contributed by atoms with Gasteiger partial charge in [0.2, 0.25) is 5.91 Å². The second-order valence-corrected chi connectivity index (χ2v) is 5.60. The fraction of sp³-hybridized carbons (Fsp3) is 0.692. The molecule has 1 amide bonds. The number of carbonyl (C=O) groups excluding carboxylic acids is 1. The van der Waals surface area contributed by atoms with Crippen molar-refractivity contribution in [3.05, 3.63) is 16.6 Å². The topological polar surface area (TPSA) is 54.5 Å². The maximum atomic E-state index is 12.4. The number of rotatable bonds is 6. The summed E-state index contributed by atoms with van der Waals surface area (Å²) in [6.45, 7) is 4.75. The van der Waals surface area contributed by atoms with E-state index >= 15 is 0 Å². The Morgan fingerprint density at radius 3 is 3.16 bits per heavy atom. The fourth-order valence-corrected chi connectivity index (χ4v) is 2.80. The lowest BCUT2D eigenvalue weighted by Gasteiger charge is -2.24. The van der Waals surface area contributed by atoms with Gasteiger partial charge >= 0.3 is 0 Å². The normalized spacial score (nSPS) is 22.6. The van der Waals surface area contributed by atoms with Crippen LogP contribution in [0.2, 0.25) is 0 Å². The van der Waals surface area contributed by atoms with Gasteiger partial charge in [-0.2, -0.15) is 0 Å². The summed E-state index contributed by atoms with van der Waals surface area (Å²) in [5, 5.41) is 5.36. The third kappa shape index (κ3) is 3.75. The van der Waals surface area contributed by atoms with E-state index in [2.05, 4.69) is 17.2 Å². The van der Waals surface area contributed by atoms with Crippen LogP contribution in [0.25, 0.3) is 0 Å². The van der Waals surface area contributed by atoms with Gasteiger partial charge in [0.1, 0.15) is 0 Å². The standard InChI is InChI=1S/C13H21N3O2S/c1-3-4-14-12-7-18-6-11(12)13(17)16(2)5-10-8-19-9-15-10/h8-9,11-12,14H,3-7H2,1-2H3. The van der Waals surface area contributed by atoms with Crippen molar-refractivity contribution in [3.8, 4) is 0 Å². The van der Waals surface area contributed by atoms with Crippen molar-refractivity contribution in [2.75, 3.05) is 26.8 Å². The molecule has 1 saturated heterocycles. The highest BCUT2D eigenvalue weighted by atomic mass is 32.1. The molecule has 1 aliphatic heterocycles. The molecule has 1 fully saturated rings. The minimum atomic E-state index is -0.0739. The molecule has 0 bridgehead atoms. The highest BCUT2D eigenvalue weighted by Gasteiger charge is 2.35. The minimum Gasteiger partial charge on any atom is -0.379 e. The number of amides is 1. The zero-order valence-corrected chi connectivity index (χ0v) is 12.3. The first-order chi connectivity index (χ1) is 9.22. The van der Waals surface area contributed by atoms with Crippen molar-refractivity contribution in [3.63, 3.8) is 0 Å². The molecule has 1 aromatic heterocycles. The number of hydrogen-bond acceptors (Lipinski definition) is 5. The first kappa shape index (κ1) is 14.4. The molecule has 5 nitrogen and oxygen atoms in total. The Hall–Kier alpha value is -0.980. The van der Waals surface area contributed by atoms with Gasteiger partial charge in [-0.05, 0) is 13.0 Å². The number of thiazole rings is 1. The van der Waals surface area contributed by atoms with Crippen molar-refractivity contribution >= 4 is 17.2 Å². The Balaban J connectivity index is 1.90. The number of carbonyl (C=O) groups is 1. The predicted octanol–water partition coefficient (Wildman–Crippen LogP) is 1.12. The van der Waals surface area contributed by atoms with E-state index in [0.29, 0.717) is 19.8 Å². The summed E-state index contributed by atoms with van der Waals surface area (Å²) in [5.74, 6) is 0.0642. The molecule has 106 valence electrons. The average Bonchev–Trinajstić information content (AvgIpc) is 3.06. The monoisotopic (exact) mass is 283 g/mol. The lowest BCUT2D eigenvalue weighted by atomic mass is 10.0. The summed E-state index contributed by atoms with van der Waals surface area (Å²) in [7, 11) is 1.83. The fourth-order valence-electron chi connectivity index (χ4n) is 2.25. The van der Waals surface area contributed by atoms with Gasteiger partial charge in [-0.25, -0.2) is 4.98 Å². The SMILES string of the molecule is CCCNC1COCC1C(=O)N(C)Cc1cscn1. The Morgan fingerprint density at radius 2 is 2.47 bits per heavy atom. The molecule has 0 spiro atoms. The maximum absolute atomic E-state index is 12.4. The molecular weight excluding hydrogens is 262 g/mol. The molecule has 0 saturated carbocycles. The highest BCUT2D eigenvalue weighted by molar-refractivity contribution is 7.07. The molecule has 6 heteroatoms. The van der Waals surface area contributed by atoms with Gasteiger partial charge in [-0.1, -0.05) is 6.92 Å². The number of nitrogens with zero attached hydrogens (tertiary/aromatic N) is 2. The summed E-state index contributed by atoms with van der Waals surface area (Å²) >= 11 is 1.55. The van der Waals surface area contributed by atoms with Gasteiger partial charge in [0.15, 0.2) is 0 Å². The second kappa shape index (κ2) is 6.98. The van der Waals surface area contributed by atoms with Crippen LogP contribution in [0.1, 0.15) is 19.0 Å². The van der Waals surface area contributed by atoms with Crippen LogP contribution in [0.4, 0.5) is 0 Å². The third-order valence-electron chi connectivity index (χ3n) is 3.31. The molecule has 0 radical (unpaired) electrons. The van der Waals surface area contributed by atoms with Crippen LogP contribution in [0.3, 0.4) is 0 Å². The summed E-state index contributed by atoms with van der Waals surface area (Å²) in [6.07, 6.45) is 1.06. The number of nitrogens with one attached hydrogen (secondary N) is 1. The Morgan fingerprint density at radius 1 is 1.63 bits per heavy atom. The Kier molecular flexibility index (Phi) is 5.30. The zero-order valence-electron chi connectivity index (χ0n) is 11.5. The number of hydrogen-bond donors (Lipinski definition) is 1. The molecular formula is C13H21N3O2S. The van der Waals surface area contributed by atoms with Crippen LogP contribution < -0.4 is 5.32 Å². The predicted molar refractivity (Wildman–Crippen MR) is 75.0 cm³/mol. The lowest BCUT2D eigenvalue weighted by molar-refractivity contribution is -0.135. The maximum Gasteiger partial charge on any atom is 0.229 e. The van der Waals surface area contributed by atoms with Gasteiger partial charge in [0, 0.05) is 18.5 Å². The van der Waals surface area contributed by atoms with E-state index in [-0.39, 0.29) is 17.9 Å². The van der Waals surface area contributed by atoms with Gasteiger partial charge in [0.25, 0.3) is 0 Å². The second-order valence-electron chi connectivity index (χ2n) is 4.88. The highest BCUT2D eigenvalue weighted by Crippen LogP contribution is 2.17. The van der Waals surface area contributed by atoms with Crippen molar-refractivity contribution in [1.82, 2.24) is 15.2 Å². The average molecular weight is 283 g/mol. The van der Waals surface area contributed by atoms with Crippen LogP contribution in [-0.2, 0) is 16.1 Å². The molecule has 0 aliphatic carbocycles. The largest absolute Gasteiger partial charge is 0.379 e. The quantitative estimate of drug-likeness (QED) is 0.850. The van der Waals surface area contributed by atoms with Crippen molar-refractivity contribution in [1.29, 1.82) is 0 Å². The van der Waals surface area contributed by atoms with Crippen LogP contribution >= 0.6 is 11.3 Å². The molecule has 0 aromatic carbocycles. The Labute approximate surface area is 118 Å². The van der Waals surface area contributed by atoms with Crippen molar-refractivity contribution < 1.29 is 9.53 Å². The molecule has 2 unspecified atom stereocenters. The van der Waals surface area contributed by atoms with E-state index < -0.39 is 0 Å². The number of ether oxygens (including phenoxy) is 1. The third-order valence-corrected chi connectivity index (χ3v) is 3.95. The van der Waals surface area contributed by atoms with E-state index in [1.165, 1.54) is 0 Å². The van der Waals surface area contributed by atoms with Crippen LogP contribution in [0.5, 0.6) is 0 Å². The van der Waals surface area contributed by atoms with E-state index in [0.717, 1.165) is 18.7 Å². The van der Waals surface area contributed by atoms with Gasteiger partial charge in [-0.3, -0.25) is 4.79 Å². The molecule has 1 aromatic rings. The summed E-state index contributed by atoms with van der Waals surface area (Å²) < 4.78 is 5.45. The van der Waals surface area contributed by atoms with Crippen LogP contribution in [-0.4, -0.2) is 48.6 Å². The Bertz CT molecular complexity index is 397. The first-order valence-electron chi connectivity index (χ1n) is 6.65. The molecule has 1 aliphatic rings. The molecule has 2 rings (SSSR count). The molecule has 2 heterocycles. The van der Waals surface area contributed by atoms with E-state index in [9.17, 15) is 4.79 Å². The summed E-state index contributed by atoms with van der Waals surface area (Å²) in [6, 6.07) is 0.144. The van der Waals surface area contributed by atoms with Gasteiger partial charge in [-0.15, -0.1) is 11.3 Å². The van der Waals surface area contributed by atoms with Crippen molar-refractivity contribution in [2.24, 2.45) is 5.92 Å². The smallest absolute Gasteiger partial charge is 0.229 e. The van der Waals surface area contributed by atoms with E-state index in [4.69, 9.17) is 4.74 Å². The zero-order chi connectivity index (χ0) is 13.7. The summed E-state index contributed by atoms with van der Waals surface area (Å²) in [5.41, 5.74) is 2.73. The van der Waals surface area contributed by atoms with E-state index in [1.54, 1.807) is 21.7 Å². The van der Waals surface area contributed by atoms with Crippen LogP contribution in [0, 0.1) is 5.92 Å². The van der Waals surface area contributed by atoms with Crippen LogP contribution in [0.15, 0.2) is 10.9 Å². The van der Waals surface area contributed by atoms with E-state index in [1.807, 2.05) is 12.4 Å². The number of aromatic nitrogens is 1. The first-order valence-corrected chi connectivity index (χ1v) is 7.59. The minimum absolute atomic E-state index is 0.0739. The summed E-state index contributed by atoms with van der Waals surface area (Å²) in [4.78, 5) is 18.4. The van der Waals surface area contributed by atoms with Gasteiger partial charge < -0.3 is 15.0 Å². The molecule has 2 atom stereocenters. The lowest BCUT2D eigenvalue weighted by Crippen LogP contribution is -2.44. The van der Waals surface area contributed by atoms with Gasteiger partial charge in [0.05, 0.1) is 36.9 Å². The molecule has 1 N–H and O–H groups in total.